The van der Waals surface area contributed by atoms with Gasteiger partial charge in [0, 0.05) is 32.7 Å². The summed E-state index contributed by atoms with van der Waals surface area (Å²) in [5, 5.41) is 0. The maximum Gasteiger partial charge on any atom is 0.158 e. The van der Waals surface area contributed by atoms with E-state index in [4.69, 9.17) is 9.47 Å². The highest BCUT2D eigenvalue weighted by Gasteiger charge is 2.16. The Morgan fingerprint density at radius 3 is 2.22 bits per heavy atom. The van der Waals surface area contributed by atoms with Gasteiger partial charge in [-0.25, -0.2) is 0 Å². The van der Waals surface area contributed by atoms with Gasteiger partial charge in [-0.1, -0.05) is 19.3 Å². The number of rotatable bonds is 9. The molecule has 0 spiro atoms. The normalized spacial score (nSPS) is 17.8. The fourth-order valence-corrected chi connectivity index (χ4v) is 2.81. The Balaban J connectivity index is 2.15. The molecule has 0 unspecified atom stereocenters. The average Bonchev–Trinajstić information content (AvgIpc) is 2.38. The van der Waals surface area contributed by atoms with E-state index >= 15 is 0 Å². The predicted octanol–water partition coefficient (Wildman–Crippen LogP) is 3.29. The topological polar surface area (TPSA) is 21.7 Å². The first-order valence-electron chi connectivity index (χ1n) is 7.68. The van der Waals surface area contributed by atoms with E-state index in [1.807, 2.05) is 13.8 Å². The second-order valence-electron chi connectivity index (χ2n) is 5.40. The fourth-order valence-electron chi connectivity index (χ4n) is 2.81. The third-order valence-electron chi connectivity index (χ3n) is 3.75. The van der Waals surface area contributed by atoms with Crippen LogP contribution in [0.2, 0.25) is 0 Å². The first-order chi connectivity index (χ1) is 8.76. The molecule has 108 valence electrons. The number of ether oxygens (including phenoxy) is 2. The number of nitrogens with zero attached hydrogens (tertiary/aromatic N) is 1. The molecule has 0 aliphatic heterocycles. The largest absolute Gasteiger partial charge is 0.353 e. The third-order valence-corrected chi connectivity index (χ3v) is 3.75. The fraction of sp³-hybridized carbons (Fsp3) is 1.00. The summed E-state index contributed by atoms with van der Waals surface area (Å²) in [7, 11) is 2.23. The molecule has 0 heterocycles. The van der Waals surface area contributed by atoms with Crippen LogP contribution in [-0.2, 0) is 9.47 Å². The first kappa shape index (κ1) is 15.9. The molecule has 1 fully saturated rings. The van der Waals surface area contributed by atoms with Crippen molar-refractivity contribution in [1.82, 2.24) is 4.90 Å². The smallest absolute Gasteiger partial charge is 0.158 e. The van der Waals surface area contributed by atoms with Crippen molar-refractivity contribution in [2.45, 2.75) is 58.7 Å². The molecule has 18 heavy (non-hydrogen) atoms. The molecule has 0 atom stereocenters. The Bertz CT molecular complexity index is 187. The molecule has 1 aliphatic carbocycles. The average molecular weight is 257 g/mol. The molecule has 1 rings (SSSR count). The Morgan fingerprint density at radius 2 is 1.67 bits per heavy atom. The summed E-state index contributed by atoms with van der Waals surface area (Å²) in [6.07, 6.45) is 8.10. The second-order valence-corrected chi connectivity index (χ2v) is 5.40. The Kier molecular flexibility index (Phi) is 8.64. The summed E-state index contributed by atoms with van der Waals surface area (Å²) in [6, 6.07) is 0. The minimum Gasteiger partial charge on any atom is -0.353 e. The van der Waals surface area contributed by atoms with Crippen molar-refractivity contribution in [3.05, 3.63) is 0 Å². The molecule has 0 saturated heterocycles. The molecule has 0 aromatic heterocycles. The molecular formula is C15H31NO2. The molecule has 0 radical (unpaired) electrons. The van der Waals surface area contributed by atoms with E-state index in [0.29, 0.717) is 0 Å². The van der Waals surface area contributed by atoms with Crippen LogP contribution in [0.4, 0.5) is 0 Å². The van der Waals surface area contributed by atoms with Crippen molar-refractivity contribution in [1.29, 1.82) is 0 Å². The van der Waals surface area contributed by atoms with Crippen LogP contribution in [0, 0.1) is 5.92 Å². The monoisotopic (exact) mass is 257 g/mol. The van der Waals surface area contributed by atoms with Crippen molar-refractivity contribution in [3.8, 4) is 0 Å². The van der Waals surface area contributed by atoms with Crippen LogP contribution < -0.4 is 0 Å². The minimum atomic E-state index is -0.0196. The summed E-state index contributed by atoms with van der Waals surface area (Å²) >= 11 is 0. The quantitative estimate of drug-likeness (QED) is 0.592. The lowest BCUT2D eigenvalue weighted by molar-refractivity contribution is -0.141. The van der Waals surface area contributed by atoms with Crippen LogP contribution in [0.25, 0.3) is 0 Å². The highest BCUT2D eigenvalue weighted by Crippen LogP contribution is 2.24. The highest BCUT2D eigenvalue weighted by atomic mass is 16.7. The molecule has 3 nitrogen and oxygen atoms in total. The zero-order valence-electron chi connectivity index (χ0n) is 12.5. The summed E-state index contributed by atoms with van der Waals surface area (Å²) in [5.74, 6) is 0.918. The van der Waals surface area contributed by atoms with E-state index in [9.17, 15) is 0 Å². The molecule has 0 aromatic carbocycles. The van der Waals surface area contributed by atoms with E-state index in [1.165, 1.54) is 38.6 Å². The minimum absolute atomic E-state index is 0.0196. The van der Waals surface area contributed by atoms with Crippen LogP contribution in [0.15, 0.2) is 0 Å². The van der Waals surface area contributed by atoms with Crippen LogP contribution in [0.1, 0.15) is 52.4 Å². The van der Waals surface area contributed by atoms with E-state index in [0.717, 1.165) is 32.1 Å². The predicted molar refractivity (Wildman–Crippen MR) is 75.7 cm³/mol. The number of hydrogen-bond donors (Lipinski definition) is 0. The van der Waals surface area contributed by atoms with Crippen molar-refractivity contribution >= 4 is 0 Å². The van der Waals surface area contributed by atoms with Crippen molar-refractivity contribution in [2.24, 2.45) is 5.92 Å². The maximum absolute atomic E-state index is 5.57. The lowest BCUT2D eigenvalue weighted by Crippen LogP contribution is -2.31. The van der Waals surface area contributed by atoms with Crippen LogP contribution in [-0.4, -0.2) is 44.5 Å². The highest BCUT2D eigenvalue weighted by molar-refractivity contribution is 4.69. The van der Waals surface area contributed by atoms with E-state index in [-0.39, 0.29) is 6.29 Å². The lowest BCUT2D eigenvalue weighted by Gasteiger charge is -2.28. The summed E-state index contributed by atoms with van der Waals surface area (Å²) in [4.78, 5) is 2.45. The Morgan fingerprint density at radius 1 is 1.06 bits per heavy atom. The lowest BCUT2D eigenvalue weighted by atomic mass is 9.89. The second kappa shape index (κ2) is 9.76. The molecule has 1 saturated carbocycles. The van der Waals surface area contributed by atoms with Crippen LogP contribution in [0.5, 0.6) is 0 Å². The van der Waals surface area contributed by atoms with Gasteiger partial charge < -0.3 is 14.4 Å². The van der Waals surface area contributed by atoms with E-state index < -0.39 is 0 Å². The van der Waals surface area contributed by atoms with Crippen molar-refractivity contribution in [2.75, 3.05) is 33.4 Å². The van der Waals surface area contributed by atoms with Crippen LogP contribution in [0.3, 0.4) is 0 Å². The zero-order chi connectivity index (χ0) is 13.2. The summed E-state index contributed by atoms with van der Waals surface area (Å²) < 4.78 is 11.1. The number of hydrogen-bond acceptors (Lipinski definition) is 3. The summed E-state index contributed by atoms with van der Waals surface area (Å²) in [6.45, 7) is 7.83. The van der Waals surface area contributed by atoms with Gasteiger partial charge in [0.05, 0.1) is 0 Å². The SMILES string of the molecule is CCOC(CCN(C)CC1CCCCC1)OCC. The molecule has 0 N–H and O–H groups in total. The van der Waals surface area contributed by atoms with Gasteiger partial charge in [-0.05, 0) is 39.7 Å². The standard InChI is InChI=1S/C15H31NO2/c1-4-17-15(18-5-2)11-12-16(3)13-14-9-7-6-8-10-14/h14-15H,4-13H2,1-3H3. The zero-order valence-corrected chi connectivity index (χ0v) is 12.5. The molecule has 3 heteroatoms. The molecule has 0 amide bonds. The first-order valence-corrected chi connectivity index (χ1v) is 7.68. The van der Waals surface area contributed by atoms with Gasteiger partial charge in [0.15, 0.2) is 6.29 Å². The van der Waals surface area contributed by atoms with Gasteiger partial charge in [0.25, 0.3) is 0 Å². The van der Waals surface area contributed by atoms with Gasteiger partial charge in [-0.15, -0.1) is 0 Å². The van der Waals surface area contributed by atoms with Gasteiger partial charge in [0.1, 0.15) is 0 Å². The van der Waals surface area contributed by atoms with Gasteiger partial charge in [-0.3, -0.25) is 0 Å². The Hall–Kier alpha value is -0.120. The van der Waals surface area contributed by atoms with E-state index in [2.05, 4.69) is 11.9 Å². The van der Waals surface area contributed by atoms with Crippen molar-refractivity contribution in [3.63, 3.8) is 0 Å². The molecule has 1 aliphatic rings. The van der Waals surface area contributed by atoms with Gasteiger partial charge in [0.2, 0.25) is 0 Å². The van der Waals surface area contributed by atoms with Gasteiger partial charge >= 0.3 is 0 Å². The van der Waals surface area contributed by atoms with Crippen molar-refractivity contribution < 1.29 is 9.47 Å². The molecular weight excluding hydrogens is 226 g/mol. The maximum atomic E-state index is 5.57. The van der Waals surface area contributed by atoms with E-state index in [1.54, 1.807) is 0 Å². The molecule has 0 aromatic rings. The third kappa shape index (κ3) is 6.72. The Labute approximate surface area is 113 Å². The molecule has 0 bridgehead atoms. The summed E-state index contributed by atoms with van der Waals surface area (Å²) in [5.41, 5.74) is 0. The van der Waals surface area contributed by atoms with Crippen LogP contribution >= 0.6 is 0 Å². The van der Waals surface area contributed by atoms with Gasteiger partial charge in [-0.2, -0.15) is 0 Å².